The molecular formula is C105H93F6N3O24. The Hall–Kier alpha value is -17.5. The lowest BCUT2D eigenvalue weighted by atomic mass is 10.0. The molecule has 0 aliphatic carbocycles. The van der Waals surface area contributed by atoms with Gasteiger partial charge in [0.15, 0.2) is 34.7 Å². The third-order valence-electron chi connectivity index (χ3n) is 19.5. The van der Waals surface area contributed by atoms with Crippen LogP contribution in [0.15, 0.2) is 291 Å². The number of para-hydroxylation sites is 1. The average molecular weight is 1890 g/mol. The zero-order valence-corrected chi connectivity index (χ0v) is 76.6. The van der Waals surface area contributed by atoms with Crippen LogP contribution in [0, 0.1) is 37.3 Å². The van der Waals surface area contributed by atoms with Crippen LogP contribution in [0.5, 0.6) is 69.0 Å². The maximum absolute atomic E-state index is 12.7. The van der Waals surface area contributed by atoms with Crippen molar-refractivity contribution in [2.45, 2.75) is 19.3 Å². The molecule has 0 N–H and O–H groups in total. The third kappa shape index (κ3) is 30.8. The Labute approximate surface area is 789 Å². The molecule has 12 rings (SSSR count). The number of nitrogens with zero attached hydrogens (tertiary/aromatic N) is 3. The first-order chi connectivity index (χ1) is 66.1. The number of halogens is 6. The summed E-state index contributed by atoms with van der Waals surface area (Å²) in [4.78, 5) is 105. The lowest BCUT2D eigenvalue weighted by Gasteiger charge is -2.10. The molecule has 27 nitrogen and oxygen atoms in total. The Balaban J connectivity index is 0.000000225. The second-order valence-corrected chi connectivity index (χ2v) is 28.0. The van der Waals surface area contributed by atoms with Crippen LogP contribution in [0.1, 0.15) is 112 Å². The number of carbonyl (C=O) groups is 6. The predicted octanol–water partition coefficient (Wildman–Crippen LogP) is 23.7. The predicted molar refractivity (Wildman–Crippen MR) is 511 cm³/mol. The van der Waals surface area contributed by atoms with Gasteiger partial charge < -0.3 is 56.8 Å². The van der Waals surface area contributed by atoms with Crippen molar-refractivity contribution in [3.05, 3.63) is 405 Å². The third-order valence-corrected chi connectivity index (χ3v) is 19.5. The SMILES string of the molecule is COc1cccc(OC)c1C(=O)/C=C/c1ccc(C(F)(F)F)cc1.COc1cccc(OC)c1C(=O)/C=C/c1ccc([N+](=O)[O-])cc1.COc1cccc(OC)c1C(=O)/C=C/c1cccc(C(F)(F)F)c1.COc1cccc(OC)c1C(=O)/C=C/c1cccc([N+](=O)[O-])c1.COc1cccc(OC)c1C(=O)/C=C/c1ccccc1C.COc1cccc(OC)c1C(=O)/C=C/c1ccccc1[N+](=O)[O-]. The number of rotatable bonds is 33. The van der Waals surface area contributed by atoms with E-state index in [1.807, 2.05) is 37.3 Å². The lowest BCUT2D eigenvalue weighted by molar-refractivity contribution is -0.385. The number of allylic oxidation sites excluding steroid dienone is 6. The van der Waals surface area contributed by atoms with Crippen molar-refractivity contribution in [1.29, 1.82) is 0 Å². The minimum Gasteiger partial charge on any atom is -0.496 e. The van der Waals surface area contributed by atoms with Crippen molar-refractivity contribution >= 4 is 88.2 Å². The summed E-state index contributed by atoms with van der Waals surface area (Å²) in [6.45, 7) is 2.01. The van der Waals surface area contributed by atoms with E-state index in [0.29, 0.717) is 108 Å². The highest BCUT2D eigenvalue weighted by Gasteiger charge is 2.32. The number of nitro benzene ring substituents is 3. The summed E-state index contributed by atoms with van der Waals surface area (Å²) in [5.41, 5.74) is 4.66. The Morgan fingerprint density at radius 3 is 0.775 bits per heavy atom. The number of methoxy groups -OCH3 is 12. The van der Waals surface area contributed by atoms with Crippen LogP contribution in [0.3, 0.4) is 0 Å². The first kappa shape index (κ1) is 108. The van der Waals surface area contributed by atoms with Gasteiger partial charge in [0.05, 0.1) is 117 Å². The van der Waals surface area contributed by atoms with Gasteiger partial charge >= 0.3 is 12.4 Å². The van der Waals surface area contributed by atoms with Crippen LogP contribution in [0.25, 0.3) is 36.5 Å². The van der Waals surface area contributed by atoms with Crippen molar-refractivity contribution in [2.24, 2.45) is 0 Å². The van der Waals surface area contributed by atoms with E-state index in [2.05, 4.69) is 0 Å². The van der Waals surface area contributed by atoms with Gasteiger partial charge in [0.1, 0.15) is 102 Å². The maximum atomic E-state index is 12.7. The van der Waals surface area contributed by atoms with Crippen LogP contribution in [0.2, 0.25) is 0 Å². The molecule has 33 heteroatoms. The molecule has 0 aliphatic rings. The van der Waals surface area contributed by atoms with E-state index in [4.69, 9.17) is 56.8 Å². The zero-order valence-electron chi connectivity index (χ0n) is 76.6. The van der Waals surface area contributed by atoms with Gasteiger partial charge in [0, 0.05) is 30.3 Å². The first-order valence-corrected chi connectivity index (χ1v) is 40.8. The molecule has 0 bridgehead atoms. The van der Waals surface area contributed by atoms with Gasteiger partial charge in [-0.3, -0.25) is 59.1 Å². The number of non-ortho nitro benzene ring substituents is 2. The van der Waals surface area contributed by atoms with Gasteiger partial charge in [0.2, 0.25) is 0 Å². The fraction of sp³-hybridized carbons (Fsp3) is 0.143. The average Bonchev–Trinajstić information content (AvgIpc) is 0.837. The fourth-order valence-corrected chi connectivity index (χ4v) is 12.7. The molecule has 12 aromatic carbocycles. The van der Waals surface area contributed by atoms with Crippen LogP contribution < -0.4 is 56.8 Å². The molecular weight excluding hydrogens is 1800 g/mol. The van der Waals surface area contributed by atoms with E-state index < -0.39 is 44.0 Å². The first-order valence-electron chi connectivity index (χ1n) is 40.8. The number of alkyl halides is 6. The lowest BCUT2D eigenvalue weighted by Crippen LogP contribution is -2.04. The van der Waals surface area contributed by atoms with E-state index >= 15 is 0 Å². The van der Waals surface area contributed by atoms with Crippen LogP contribution in [-0.4, -0.2) is 135 Å². The van der Waals surface area contributed by atoms with Crippen molar-refractivity contribution in [2.75, 3.05) is 85.3 Å². The molecule has 0 fully saturated rings. The molecule has 0 saturated carbocycles. The molecule has 0 aliphatic heterocycles. The van der Waals surface area contributed by atoms with E-state index in [-0.39, 0.29) is 68.2 Å². The Kier molecular flexibility index (Phi) is 41.5. The molecule has 0 saturated heterocycles. The standard InChI is InChI=1S/2C18H15F3O3.C18H18O3.3C17H15NO5/c1-23-15-7-4-8-16(24-2)17(15)14(22)10-9-12-5-3-6-13(11-12)18(19,20)21;1-23-15-4-3-5-16(24-2)17(15)14(22)11-8-12-6-9-13(10-7-12)18(19,20)21;1-13-7-4-5-8-14(13)11-12-15(19)18-16(20-2)9-6-10-17(18)21-3;1-22-15-7-4-8-16(23-2)17(15)14(19)10-9-12-5-3-6-13(11-12)18(20)21;1-22-15-8-5-9-16(23-2)17(15)14(19)11-10-12-6-3-4-7-13(12)18(20)21;1-22-15-4-3-5-16(23-2)17(15)14(19)11-8-12-6-9-13(10-7-12)18(20)21/h2*3-11H,1-2H3;4-12H,1-3H3;3*3-11H,1-2H3/b10-9+;11-8+;12-11+;10-9+;11-10+;11-8+. The van der Waals surface area contributed by atoms with Crippen molar-refractivity contribution in [3.8, 4) is 69.0 Å². The molecule has 0 spiro atoms. The minimum atomic E-state index is -4.43. The van der Waals surface area contributed by atoms with Crippen LogP contribution in [0.4, 0.5) is 43.4 Å². The Bertz CT molecular complexity index is 6350. The number of benzene rings is 12. The molecule has 12 aromatic rings. The quantitative estimate of drug-likeness (QED) is 0.0121. The normalized spacial score (nSPS) is 10.9. The topological polar surface area (TPSA) is 343 Å². The summed E-state index contributed by atoms with van der Waals surface area (Å²) < 4.78 is 138. The number of hydrogen-bond acceptors (Lipinski definition) is 24. The number of hydrogen-bond donors (Lipinski definition) is 0. The highest BCUT2D eigenvalue weighted by atomic mass is 19.4. The monoisotopic (exact) mass is 1890 g/mol. The smallest absolute Gasteiger partial charge is 0.416 e. The largest absolute Gasteiger partial charge is 0.496 e. The number of carbonyl (C=O) groups excluding carboxylic acids is 6. The van der Waals surface area contributed by atoms with Gasteiger partial charge in [-0.25, -0.2) is 0 Å². The fourth-order valence-electron chi connectivity index (χ4n) is 12.7. The zero-order chi connectivity index (χ0) is 101. The molecule has 0 heterocycles. The van der Waals surface area contributed by atoms with Crippen molar-refractivity contribution in [3.63, 3.8) is 0 Å². The van der Waals surface area contributed by atoms with Gasteiger partial charge in [-0.2, -0.15) is 26.3 Å². The number of aryl methyl sites for hydroxylation is 1. The van der Waals surface area contributed by atoms with Crippen LogP contribution >= 0.6 is 0 Å². The second kappa shape index (κ2) is 53.2. The van der Waals surface area contributed by atoms with Crippen LogP contribution in [-0.2, 0) is 12.4 Å². The number of ketones is 6. The van der Waals surface area contributed by atoms with E-state index in [0.717, 1.165) is 35.4 Å². The summed E-state index contributed by atoms with van der Waals surface area (Å²) in [6, 6.07) is 65.5. The molecule has 0 aromatic heterocycles. The Morgan fingerprint density at radius 2 is 0.493 bits per heavy atom. The molecule has 0 atom stereocenters. The van der Waals surface area contributed by atoms with Gasteiger partial charge in [-0.05, 0) is 198 Å². The van der Waals surface area contributed by atoms with Gasteiger partial charge in [-0.15, -0.1) is 0 Å². The molecule has 138 heavy (non-hydrogen) atoms. The minimum absolute atomic E-state index is 0.000116. The summed E-state index contributed by atoms with van der Waals surface area (Å²) in [7, 11) is 17.6. The van der Waals surface area contributed by atoms with E-state index in [9.17, 15) is 85.5 Å². The number of nitro groups is 3. The molecule has 0 amide bonds. The summed E-state index contributed by atoms with van der Waals surface area (Å²) in [5.74, 6) is 2.88. The maximum Gasteiger partial charge on any atom is 0.416 e. The summed E-state index contributed by atoms with van der Waals surface area (Å²) >= 11 is 0. The molecule has 0 unspecified atom stereocenters. The van der Waals surface area contributed by atoms with Crippen molar-refractivity contribution < 1.29 is 127 Å². The summed E-state index contributed by atoms with van der Waals surface area (Å²) in [6.07, 6.45) is 8.24. The van der Waals surface area contributed by atoms with E-state index in [1.165, 1.54) is 195 Å². The summed E-state index contributed by atoms with van der Waals surface area (Å²) in [5, 5.41) is 32.4. The second-order valence-electron chi connectivity index (χ2n) is 28.0. The highest BCUT2D eigenvalue weighted by Crippen LogP contribution is 2.38. The molecule has 0 radical (unpaired) electrons. The Morgan fingerprint density at radius 1 is 0.246 bits per heavy atom. The highest BCUT2D eigenvalue weighted by molar-refractivity contribution is 6.14. The van der Waals surface area contributed by atoms with Crippen molar-refractivity contribution in [1.82, 2.24) is 0 Å². The number of ether oxygens (including phenoxy) is 12. The van der Waals surface area contributed by atoms with E-state index in [1.54, 1.807) is 164 Å². The van der Waals surface area contributed by atoms with Gasteiger partial charge in [-0.1, -0.05) is 140 Å². The van der Waals surface area contributed by atoms with Gasteiger partial charge in [0.25, 0.3) is 17.1 Å². The molecule has 714 valence electrons.